The first-order valence-electron chi connectivity index (χ1n) is 8.98. The Morgan fingerprint density at radius 1 is 0.760 bits per heavy atom. The first kappa shape index (κ1) is 23.4. The maximum absolute atomic E-state index is 12.2. The first-order valence-corrected chi connectivity index (χ1v) is 8.98. The summed E-state index contributed by atoms with van der Waals surface area (Å²) >= 11 is 0. The highest BCUT2D eigenvalue weighted by Gasteiger charge is 2.19. The van der Waals surface area contributed by atoms with E-state index in [-0.39, 0.29) is 37.4 Å². The average molecular weight is 357 g/mol. The van der Waals surface area contributed by atoms with E-state index in [0.29, 0.717) is 12.5 Å². The van der Waals surface area contributed by atoms with E-state index in [1.54, 1.807) is 26.0 Å². The van der Waals surface area contributed by atoms with Crippen molar-refractivity contribution in [3.8, 4) is 0 Å². The van der Waals surface area contributed by atoms with Gasteiger partial charge in [0, 0.05) is 27.7 Å². The van der Waals surface area contributed by atoms with E-state index < -0.39 is 0 Å². The van der Waals surface area contributed by atoms with Gasteiger partial charge in [0.15, 0.2) is 0 Å². The van der Waals surface area contributed by atoms with Crippen molar-refractivity contribution in [2.45, 2.75) is 33.6 Å². The molecule has 0 rings (SSSR count). The van der Waals surface area contributed by atoms with Gasteiger partial charge in [0.05, 0.1) is 19.6 Å². The van der Waals surface area contributed by atoms with Crippen molar-refractivity contribution in [3.63, 3.8) is 0 Å². The maximum Gasteiger partial charge on any atom is 0.242 e. The number of nitrogens with zero attached hydrogens (tertiary/aromatic N) is 4. The number of amides is 3. The minimum absolute atomic E-state index is 0.0166. The Bertz CT molecular complexity index is 440. The van der Waals surface area contributed by atoms with Gasteiger partial charge in [-0.2, -0.15) is 0 Å². The number of carbonyl (C=O) groups excluding carboxylic acids is 3. The highest BCUT2D eigenvalue weighted by atomic mass is 16.2. The predicted octanol–water partition coefficient (Wildman–Crippen LogP) is 0.750. The number of hydrogen-bond acceptors (Lipinski definition) is 4. The van der Waals surface area contributed by atoms with Gasteiger partial charge in [-0.05, 0) is 32.4 Å². The van der Waals surface area contributed by atoms with Crippen LogP contribution in [0, 0.1) is 5.92 Å². The molecule has 0 fully saturated rings. The van der Waals surface area contributed by atoms with E-state index in [1.807, 2.05) is 18.9 Å². The molecule has 0 aromatic carbocycles. The molecule has 0 atom stereocenters. The Hall–Kier alpha value is -1.63. The van der Waals surface area contributed by atoms with Crippen LogP contribution in [0.1, 0.15) is 33.6 Å². The van der Waals surface area contributed by atoms with Crippen molar-refractivity contribution in [3.05, 3.63) is 0 Å². The Morgan fingerprint density at radius 3 is 1.64 bits per heavy atom. The van der Waals surface area contributed by atoms with Crippen LogP contribution in [-0.4, -0.2) is 98.2 Å². The molecule has 7 heteroatoms. The van der Waals surface area contributed by atoms with Gasteiger partial charge >= 0.3 is 0 Å². The topological polar surface area (TPSA) is 64.2 Å². The molecule has 0 heterocycles. The highest BCUT2D eigenvalue weighted by Crippen LogP contribution is 2.04. The summed E-state index contributed by atoms with van der Waals surface area (Å²) in [5, 5.41) is 0. The molecular formula is C18H36N4O3. The second-order valence-electron chi connectivity index (χ2n) is 7.18. The summed E-state index contributed by atoms with van der Waals surface area (Å²) < 4.78 is 0. The van der Waals surface area contributed by atoms with Crippen LogP contribution in [0.25, 0.3) is 0 Å². The Kier molecular flexibility index (Phi) is 11.1. The predicted molar refractivity (Wildman–Crippen MR) is 100 cm³/mol. The van der Waals surface area contributed by atoms with Crippen LogP contribution in [0.4, 0.5) is 0 Å². The molecule has 0 saturated heterocycles. The fourth-order valence-corrected chi connectivity index (χ4v) is 2.15. The average Bonchev–Trinajstić information content (AvgIpc) is 2.53. The number of likely N-dealkylation sites (N-methyl/N-ethyl adjacent to an activating group) is 4. The molecule has 0 aliphatic carbocycles. The lowest BCUT2D eigenvalue weighted by atomic mass is 10.1. The molecule has 0 bridgehead atoms. The zero-order valence-electron chi connectivity index (χ0n) is 17.0. The summed E-state index contributed by atoms with van der Waals surface area (Å²) in [7, 11) is 6.82. The molecule has 0 spiro atoms. The van der Waals surface area contributed by atoms with Gasteiger partial charge < -0.3 is 14.7 Å². The van der Waals surface area contributed by atoms with Crippen LogP contribution in [0.3, 0.4) is 0 Å². The summed E-state index contributed by atoms with van der Waals surface area (Å²) in [5.74, 6) is 0.189. The van der Waals surface area contributed by atoms with Crippen LogP contribution in [-0.2, 0) is 14.4 Å². The van der Waals surface area contributed by atoms with Gasteiger partial charge in [-0.15, -0.1) is 0 Å². The maximum atomic E-state index is 12.2. The lowest BCUT2D eigenvalue weighted by molar-refractivity contribution is -0.142. The van der Waals surface area contributed by atoms with E-state index in [2.05, 4.69) is 13.8 Å². The molecule has 0 N–H and O–H groups in total. The molecule has 0 aliphatic rings. The van der Waals surface area contributed by atoms with Crippen LogP contribution < -0.4 is 0 Å². The molecule has 3 amide bonds. The van der Waals surface area contributed by atoms with Crippen molar-refractivity contribution in [1.82, 2.24) is 19.6 Å². The number of carbonyl (C=O) groups is 3. The van der Waals surface area contributed by atoms with Crippen molar-refractivity contribution in [2.24, 2.45) is 5.92 Å². The van der Waals surface area contributed by atoms with Crippen LogP contribution >= 0.6 is 0 Å². The van der Waals surface area contributed by atoms with Gasteiger partial charge in [-0.25, -0.2) is 0 Å². The van der Waals surface area contributed by atoms with Gasteiger partial charge in [0.2, 0.25) is 17.7 Å². The SMILES string of the molecule is CCN(C)CC(=O)N(C)CC(=O)N(C)CC(=O)N(C)CCCC(C)C. The fraction of sp³-hybridized carbons (Fsp3) is 0.833. The van der Waals surface area contributed by atoms with Gasteiger partial charge in [0.1, 0.15) is 0 Å². The molecule has 0 saturated carbocycles. The first-order chi connectivity index (χ1) is 11.6. The van der Waals surface area contributed by atoms with Crippen LogP contribution in [0.15, 0.2) is 0 Å². The molecule has 0 aromatic rings. The van der Waals surface area contributed by atoms with Crippen molar-refractivity contribution >= 4 is 17.7 Å². The monoisotopic (exact) mass is 356 g/mol. The normalized spacial score (nSPS) is 10.9. The van der Waals surface area contributed by atoms with Gasteiger partial charge in [0.25, 0.3) is 0 Å². The quantitative estimate of drug-likeness (QED) is 0.548. The molecule has 0 unspecified atom stereocenters. The minimum atomic E-state index is -0.237. The number of rotatable bonds is 11. The highest BCUT2D eigenvalue weighted by molar-refractivity contribution is 5.88. The van der Waals surface area contributed by atoms with Crippen molar-refractivity contribution < 1.29 is 14.4 Å². The van der Waals surface area contributed by atoms with E-state index in [0.717, 1.165) is 19.4 Å². The Morgan fingerprint density at radius 2 is 1.20 bits per heavy atom. The molecule has 25 heavy (non-hydrogen) atoms. The van der Waals surface area contributed by atoms with Gasteiger partial charge in [-0.1, -0.05) is 20.8 Å². The van der Waals surface area contributed by atoms with Crippen LogP contribution in [0.5, 0.6) is 0 Å². The number of hydrogen-bond donors (Lipinski definition) is 0. The molecular weight excluding hydrogens is 320 g/mol. The third kappa shape index (κ3) is 10.1. The zero-order valence-corrected chi connectivity index (χ0v) is 17.0. The van der Waals surface area contributed by atoms with Crippen molar-refractivity contribution in [2.75, 3.05) is 60.9 Å². The standard InChI is InChI=1S/C18H36N4O3/c1-8-19(4)12-16(23)21(6)14-18(25)22(7)13-17(24)20(5)11-9-10-15(2)3/h15H,8-14H2,1-7H3. The molecule has 146 valence electrons. The second kappa shape index (κ2) is 11.8. The second-order valence-corrected chi connectivity index (χ2v) is 7.18. The molecule has 7 nitrogen and oxygen atoms in total. The Balaban J connectivity index is 4.31. The van der Waals surface area contributed by atoms with Crippen molar-refractivity contribution in [1.29, 1.82) is 0 Å². The summed E-state index contributed by atoms with van der Waals surface area (Å²) in [5.41, 5.74) is 0. The summed E-state index contributed by atoms with van der Waals surface area (Å²) in [6.07, 6.45) is 2.03. The molecule has 0 aromatic heterocycles. The van der Waals surface area contributed by atoms with Gasteiger partial charge in [-0.3, -0.25) is 19.3 Å². The van der Waals surface area contributed by atoms with E-state index >= 15 is 0 Å². The lowest BCUT2D eigenvalue weighted by Gasteiger charge is -2.25. The summed E-state index contributed by atoms with van der Waals surface area (Å²) in [6.45, 7) is 8.04. The lowest BCUT2D eigenvalue weighted by Crippen LogP contribution is -2.45. The third-order valence-electron chi connectivity index (χ3n) is 4.24. The van der Waals surface area contributed by atoms with E-state index in [4.69, 9.17) is 0 Å². The van der Waals surface area contributed by atoms with E-state index in [9.17, 15) is 14.4 Å². The molecule has 0 radical (unpaired) electrons. The largest absolute Gasteiger partial charge is 0.344 e. The van der Waals surface area contributed by atoms with Crippen LogP contribution in [0.2, 0.25) is 0 Å². The molecule has 0 aliphatic heterocycles. The zero-order chi connectivity index (χ0) is 19.6. The fourth-order valence-electron chi connectivity index (χ4n) is 2.15. The van der Waals surface area contributed by atoms with E-state index in [1.165, 1.54) is 9.80 Å². The smallest absolute Gasteiger partial charge is 0.242 e. The minimum Gasteiger partial charge on any atom is -0.344 e. The summed E-state index contributed by atoms with van der Waals surface area (Å²) in [4.78, 5) is 42.7. The summed E-state index contributed by atoms with van der Waals surface area (Å²) in [6, 6.07) is 0. The Labute approximate surface area is 152 Å². The third-order valence-corrected chi connectivity index (χ3v) is 4.24.